The van der Waals surface area contributed by atoms with Crippen molar-refractivity contribution < 1.29 is 18.8 Å². The smallest absolute Gasteiger partial charge is 0.345 e. The first-order valence-electron chi connectivity index (χ1n) is 9.18. The van der Waals surface area contributed by atoms with Crippen molar-refractivity contribution in [2.75, 3.05) is 24.6 Å². The molecule has 1 aliphatic heterocycles. The van der Waals surface area contributed by atoms with Crippen molar-refractivity contribution >= 4 is 17.5 Å². The molecule has 0 bridgehead atoms. The van der Waals surface area contributed by atoms with Crippen molar-refractivity contribution in [2.45, 2.75) is 19.8 Å². The average molecular weight is 398 g/mol. The van der Waals surface area contributed by atoms with E-state index in [0.717, 1.165) is 0 Å². The highest BCUT2D eigenvalue weighted by molar-refractivity contribution is 5.73. The molecule has 0 N–H and O–H groups in total. The highest BCUT2D eigenvalue weighted by Crippen LogP contribution is 2.31. The van der Waals surface area contributed by atoms with Crippen molar-refractivity contribution in [2.24, 2.45) is 5.92 Å². The number of halogens is 1. The van der Waals surface area contributed by atoms with Crippen LogP contribution in [0.5, 0.6) is 0 Å². The van der Waals surface area contributed by atoms with Crippen LogP contribution in [0.25, 0.3) is 0 Å². The molecule has 9 heteroatoms. The maximum atomic E-state index is 13.8. The van der Waals surface area contributed by atoms with Crippen molar-refractivity contribution in [3.05, 3.63) is 57.8 Å². The van der Waals surface area contributed by atoms with Crippen LogP contribution in [0.1, 0.15) is 31.0 Å². The zero-order valence-corrected chi connectivity index (χ0v) is 15.8. The topological polar surface area (TPSA) is 98.5 Å². The van der Waals surface area contributed by atoms with Gasteiger partial charge in [0.15, 0.2) is 5.69 Å². The molecular weight excluding hydrogens is 379 g/mol. The van der Waals surface area contributed by atoms with Crippen LogP contribution in [-0.2, 0) is 9.53 Å². The van der Waals surface area contributed by atoms with E-state index in [2.05, 4.69) is 21.8 Å². The summed E-state index contributed by atoms with van der Waals surface area (Å²) in [6.07, 6.45) is 2.22. The molecule has 8 nitrogen and oxygen atoms in total. The Bertz CT molecular complexity index is 978. The molecule has 0 unspecified atom stereocenters. The summed E-state index contributed by atoms with van der Waals surface area (Å²) < 4.78 is 18.8. The quantitative estimate of drug-likeness (QED) is 0.338. The average Bonchev–Trinajstić information content (AvgIpc) is 2.73. The first-order valence-corrected chi connectivity index (χ1v) is 9.18. The summed E-state index contributed by atoms with van der Waals surface area (Å²) in [5, 5.41) is 11.7. The van der Waals surface area contributed by atoms with Gasteiger partial charge in [-0.3, -0.25) is 14.9 Å². The predicted octanol–water partition coefficient (Wildman–Crippen LogP) is 2.70. The number of nitro groups is 1. The van der Waals surface area contributed by atoms with Crippen LogP contribution in [-0.4, -0.2) is 40.6 Å². The number of esters is 1. The van der Waals surface area contributed by atoms with E-state index in [-0.39, 0.29) is 34.6 Å². The Morgan fingerprint density at radius 3 is 2.69 bits per heavy atom. The molecule has 150 valence electrons. The highest BCUT2D eigenvalue weighted by Gasteiger charge is 2.31. The molecule has 0 amide bonds. The Morgan fingerprint density at radius 2 is 2.03 bits per heavy atom. The molecule has 2 heterocycles. The summed E-state index contributed by atoms with van der Waals surface area (Å²) in [6.45, 7) is 2.91. The second-order valence-corrected chi connectivity index (χ2v) is 6.39. The molecule has 29 heavy (non-hydrogen) atoms. The number of anilines is 1. The number of carbonyl (C=O) groups is 1. The summed E-state index contributed by atoms with van der Waals surface area (Å²) in [5.74, 6) is 4.33. The van der Waals surface area contributed by atoms with Gasteiger partial charge in [0.1, 0.15) is 12.1 Å². The third-order valence-electron chi connectivity index (χ3n) is 4.59. The molecule has 1 saturated heterocycles. The molecule has 3 rings (SSSR count). The molecule has 1 aromatic carbocycles. The first kappa shape index (κ1) is 20.2. The zero-order chi connectivity index (χ0) is 20.8. The van der Waals surface area contributed by atoms with E-state index in [9.17, 15) is 19.3 Å². The molecule has 0 spiro atoms. The minimum atomic E-state index is -0.585. The van der Waals surface area contributed by atoms with E-state index < -0.39 is 10.7 Å². The lowest BCUT2D eigenvalue weighted by molar-refractivity contribution is -0.384. The predicted molar refractivity (Wildman–Crippen MR) is 103 cm³/mol. The fourth-order valence-electron chi connectivity index (χ4n) is 3.14. The van der Waals surface area contributed by atoms with Crippen molar-refractivity contribution in [1.29, 1.82) is 0 Å². The van der Waals surface area contributed by atoms with E-state index in [0.29, 0.717) is 32.5 Å². The van der Waals surface area contributed by atoms with Crippen LogP contribution in [0, 0.1) is 33.7 Å². The second kappa shape index (κ2) is 9.10. The van der Waals surface area contributed by atoms with Gasteiger partial charge in [-0.2, -0.15) is 0 Å². The Labute approximate surface area is 166 Å². The van der Waals surface area contributed by atoms with Gasteiger partial charge in [-0.05, 0) is 37.8 Å². The minimum absolute atomic E-state index is 0.0873. The van der Waals surface area contributed by atoms with Gasteiger partial charge < -0.3 is 9.64 Å². The van der Waals surface area contributed by atoms with Crippen LogP contribution in [0.2, 0.25) is 0 Å². The van der Waals surface area contributed by atoms with E-state index in [1.807, 2.05) is 0 Å². The van der Waals surface area contributed by atoms with Crippen molar-refractivity contribution in [1.82, 2.24) is 9.97 Å². The summed E-state index contributed by atoms with van der Waals surface area (Å²) in [4.78, 5) is 32.7. The van der Waals surface area contributed by atoms with Crippen LogP contribution < -0.4 is 4.90 Å². The molecule has 0 saturated carbocycles. The lowest BCUT2D eigenvalue weighted by Crippen LogP contribution is -2.37. The fraction of sp³-hybridized carbons (Fsp3) is 0.350. The Balaban J connectivity index is 1.86. The fourth-order valence-corrected chi connectivity index (χ4v) is 3.14. The highest BCUT2D eigenvalue weighted by atomic mass is 19.1. The molecule has 0 atom stereocenters. The van der Waals surface area contributed by atoms with Crippen molar-refractivity contribution in [3.63, 3.8) is 0 Å². The Morgan fingerprint density at radius 1 is 1.31 bits per heavy atom. The molecule has 1 aromatic heterocycles. The zero-order valence-electron chi connectivity index (χ0n) is 15.8. The van der Waals surface area contributed by atoms with E-state index in [1.165, 1.54) is 24.5 Å². The maximum Gasteiger partial charge on any atom is 0.345 e. The molecule has 1 aliphatic rings. The van der Waals surface area contributed by atoms with Gasteiger partial charge in [0, 0.05) is 13.1 Å². The second-order valence-electron chi connectivity index (χ2n) is 6.39. The number of nitrogens with zero attached hydrogens (tertiary/aromatic N) is 4. The monoisotopic (exact) mass is 398 g/mol. The normalized spacial score (nSPS) is 14.1. The van der Waals surface area contributed by atoms with E-state index >= 15 is 0 Å². The summed E-state index contributed by atoms with van der Waals surface area (Å²) in [7, 11) is 0. The van der Waals surface area contributed by atoms with Gasteiger partial charge in [0.25, 0.3) is 0 Å². The maximum absolute atomic E-state index is 13.8. The number of piperidine rings is 1. The molecular formula is C20H19FN4O4. The van der Waals surface area contributed by atoms with Gasteiger partial charge in [0.2, 0.25) is 5.82 Å². The standard InChI is InChI=1S/C20H19FN4O4/c1-2-29-20(26)15-9-11-24(12-10-15)19-18(25(27)28)17(22-13-23-19)8-7-14-5-3-4-6-16(14)21/h3-6,13,15H,2,9-12H2,1H3. The van der Waals surface area contributed by atoms with Crippen LogP contribution in [0.15, 0.2) is 30.6 Å². The minimum Gasteiger partial charge on any atom is -0.466 e. The Hall–Kier alpha value is -3.54. The van der Waals surface area contributed by atoms with Gasteiger partial charge in [0.05, 0.1) is 23.0 Å². The number of hydrogen-bond donors (Lipinski definition) is 0. The van der Waals surface area contributed by atoms with E-state index in [4.69, 9.17) is 4.74 Å². The van der Waals surface area contributed by atoms with Crippen LogP contribution >= 0.6 is 0 Å². The summed E-state index contributed by atoms with van der Waals surface area (Å²) in [6, 6.07) is 5.90. The lowest BCUT2D eigenvalue weighted by Gasteiger charge is -2.31. The van der Waals surface area contributed by atoms with Crippen LogP contribution in [0.4, 0.5) is 15.9 Å². The number of benzene rings is 1. The van der Waals surface area contributed by atoms with Crippen LogP contribution in [0.3, 0.4) is 0 Å². The van der Waals surface area contributed by atoms with Gasteiger partial charge in [-0.25, -0.2) is 14.4 Å². The third kappa shape index (κ3) is 4.66. The number of ether oxygens (including phenoxy) is 1. The molecule has 0 aliphatic carbocycles. The number of rotatable bonds is 4. The number of carbonyl (C=O) groups excluding carboxylic acids is 1. The molecule has 2 aromatic rings. The molecule has 1 fully saturated rings. The van der Waals surface area contributed by atoms with Gasteiger partial charge in [-0.15, -0.1) is 0 Å². The van der Waals surface area contributed by atoms with E-state index in [1.54, 1.807) is 17.9 Å². The summed E-state index contributed by atoms with van der Waals surface area (Å²) in [5.41, 5.74) is -0.293. The molecule has 0 radical (unpaired) electrons. The SMILES string of the molecule is CCOC(=O)C1CCN(c2ncnc(C#Cc3ccccc3F)c2[N+](=O)[O-])CC1. The van der Waals surface area contributed by atoms with Crippen molar-refractivity contribution in [3.8, 4) is 11.8 Å². The van der Waals surface area contributed by atoms with Gasteiger partial charge >= 0.3 is 11.7 Å². The largest absolute Gasteiger partial charge is 0.466 e. The summed E-state index contributed by atoms with van der Waals surface area (Å²) >= 11 is 0. The van der Waals surface area contributed by atoms with Gasteiger partial charge in [-0.1, -0.05) is 18.1 Å². The Kier molecular flexibility index (Phi) is 6.34. The lowest BCUT2D eigenvalue weighted by atomic mass is 9.97. The third-order valence-corrected chi connectivity index (χ3v) is 4.59. The first-order chi connectivity index (χ1) is 14.0. The number of aromatic nitrogens is 2. The number of hydrogen-bond acceptors (Lipinski definition) is 7.